The summed E-state index contributed by atoms with van der Waals surface area (Å²) in [6, 6.07) is 26.3. The van der Waals surface area contributed by atoms with Crippen molar-refractivity contribution < 1.29 is 24.8 Å². The zero-order valence-electron chi connectivity index (χ0n) is 35.1. The Hall–Kier alpha value is -3.92. The van der Waals surface area contributed by atoms with Crippen LogP contribution in [-0.4, -0.2) is 81.9 Å². The number of pyridine rings is 2. The highest BCUT2D eigenvalue weighted by atomic mass is 16.5. The molecule has 0 fully saturated rings. The molecular formula is C50H69N3O5. The lowest BCUT2D eigenvalue weighted by Crippen LogP contribution is -2.31. The third-order valence-corrected chi connectivity index (χ3v) is 11.2. The van der Waals surface area contributed by atoms with E-state index < -0.39 is 12.2 Å². The summed E-state index contributed by atoms with van der Waals surface area (Å²) < 4.78 is 12.2. The first kappa shape index (κ1) is 45.2. The zero-order valence-corrected chi connectivity index (χ0v) is 35.1. The number of ether oxygens (including phenoxy) is 2. The van der Waals surface area contributed by atoms with E-state index >= 15 is 0 Å². The van der Waals surface area contributed by atoms with Gasteiger partial charge in [0, 0.05) is 55.6 Å². The Morgan fingerprint density at radius 3 is 1.72 bits per heavy atom. The molecule has 2 unspecified atom stereocenters. The molecule has 3 aromatic carbocycles. The van der Waals surface area contributed by atoms with E-state index in [-0.39, 0.29) is 19.8 Å². The summed E-state index contributed by atoms with van der Waals surface area (Å²) in [4.78, 5) is 11.3. The molecule has 8 heteroatoms. The van der Waals surface area contributed by atoms with E-state index in [1.165, 1.54) is 88.2 Å². The van der Waals surface area contributed by atoms with E-state index in [0.717, 1.165) is 51.5 Å². The predicted molar refractivity (Wildman–Crippen MR) is 237 cm³/mol. The van der Waals surface area contributed by atoms with E-state index in [1.807, 2.05) is 66.7 Å². The van der Waals surface area contributed by atoms with Gasteiger partial charge in [-0.15, -0.1) is 0 Å². The van der Waals surface area contributed by atoms with E-state index in [0.29, 0.717) is 39.1 Å². The van der Waals surface area contributed by atoms with Gasteiger partial charge in [-0.25, -0.2) is 0 Å². The zero-order chi connectivity index (χ0) is 40.6. The van der Waals surface area contributed by atoms with E-state index in [2.05, 4.69) is 33.9 Å². The van der Waals surface area contributed by atoms with Crippen molar-refractivity contribution >= 4 is 21.8 Å². The number of unbranched alkanes of at least 4 members (excludes halogenated alkanes) is 12. The highest BCUT2D eigenvalue weighted by Crippen LogP contribution is 2.24. The summed E-state index contributed by atoms with van der Waals surface area (Å²) in [6.45, 7) is 5.04. The summed E-state index contributed by atoms with van der Waals surface area (Å²) >= 11 is 0. The van der Waals surface area contributed by atoms with Crippen molar-refractivity contribution in [3.63, 3.8) is 0 Å². The first-order valence-corrected chi connectivity index (χ1v) is 22.2. The molecule has 314 valence electrons. The van der Waals surface area contributed by atoms with Gasteiger partial charge in [-0.2, -0.15) is 0 Å². The van der Waals surface area contributed by atoms with Crippen molar-refractivity contribution in [2.75, 3.05) is 39.5 Å². The third-order valence-electron chi connectivity index (χ3n) is 11.2. The van der Waals surface area contributed by atoms with Gasteiger partial charge in [0.15, 0.2) is 0 Å². The largest absolute Gasteiger partial charge is 0.491 e. The molecule has 0 saturated carbocycles. The molecule has 0 saturated heterocycles. The van der Waals surface area contributed by atoms with Gasteiger partial charge < -0.3 is 24.8 Å². The molecular weight excluding hydrogens is 723 g/mol. The number of para-hydroxylation sites is 2. The fourth-order valence-electron chi connectivity index (χ4n) is 7.96. The number of nitrogens with zero attached hydrogens (tertiary/aromatic N) is 3. The van der Waals surface area contributed by atoms with Crippen LogP contribution in [0.25, 0.3) is 21.8 Å². The quantitative estimate of drug-likeness (QED) is 0.0395. The van der Waals surface area contributed by atoms with E-state index in [1.54, 1.807) is 12.4 Å². The van der Waals surface area contributed by atoms with E-state index in [4.69, 9.17) is 9.47 Å². The van der Waals surface area contributed by atoms with Gasteiger partial charge in [-0.05, 0) is 59.4 Å². The van der Waals surface area contributed by atoms with Gasteiger partial charge in [0.1, 0.15) is 12.4 Å². The van der Waals surface area contributed by atoms with Gasteiger partial charge in [0.25, 0.3) is 0 Å². The number of aromatic nitrogens is 2. The van der Waals surface area contributed by atoms with Gasteiger partial charge in [0.05, 0.1) is 43.1 Å². The molecule has 2 aromatic heterocycles. The molecule has 2 heterocycles. The molecule has 0 spiro atoms. The second kappa shape index (κ2) is 26.2. The maximum Gasteiger partial charge on any atom is 0.119 e. The van der Waals surface area contributed by atoms with Gasteiger partial charge in [0.2, 0.25) is 0 Å². The molecule has 0 amide bonds. The molecule has 5 aromatic rings. The minimum atomic E-state index is -0.668. The lowest BCUT2D eigenvalue weighted by atomic mass is 9.99. The van der Waals surface area contributed by atoms with Crippen LogP contribution in [0.3, 0.4) is 0 Å². The van der Waals surface area contributed by atoms with Crippen LogP contribution in [0.4, 0.5) is 0 Å². The third kappa shape index (κ3) is 15.7. The first-order chi connectivity index (χ1) is 28.5. The Bertz CT molecular complexity index is 1880. The number of hydrogen-bond donors (Lipinski definition) is 3. The molecule has 8 nitrogen and oxygen atoms in total. The Labute approximate surface area is 347 Å². The molecule has 5 rings (SSSR count). The van der Waals surface area contributed by atoms with Gasteiger partial charge in [-0.3, -0.25) is 14.9 Å². The molecule has 58 heavy (non-hydrogen) atoms. The second-order valence-corrected chi connectivity index (χ2v) is 16.0. The van der Waals surface area contributed by atoms with Crippen molar-refractivity contribution in [1.29, 1.82) is 0 Å². The average Bonchev–Trinajstić information content (AvgIpc) is 3.24. The van der Waals surface area contributed by atoms with Crippen LogP contribution >= 0.6 is 0 Å². The highest BCUT2D eigenvalue weighted by Gasteiger charge is 2.15. The Kier molecular flexibility index (Phi) is 20.4. The minimum absolute atomic E-state index is 0.0518. The van der Waals surface area contributed by atoms with Crippen LogP contribution in [0.15, 0.2) is 91.3 Å². The van der Waals surface area contributed by atoms with Crippen molar-refractivity contribution in [3.8, 4) is 5.75 Å². The van der Waals surface area contributed by atoms with Crippen molar-refractivity contribution in [2.45, 2.75) is 128 Å². The summed E-state index contributed by atoms with van der Waals surface area (Å²) in [5.74, 6) is 0.760. The van der Waals surface area contributed by atoms with Crippen LogP contribution in [0, 0.1) is 0 Å². The molecule has 0 aliphatic heterocycles. The molecule has 2 atom stereocenters. The number of aliphatic hydroxyl groups excluding tert-OH is 3. The molecule has 3 N–H and O–H groups in total. The van der Waals surface area contributed by atoms with Crippen LogP contribution in [0.1, 0.15) is 113 Å². The van der Waals surface area contributed by atoms with Crippen LogP contribution < -0.4 is 4.74 Å². The maximum atomic E-state index is 11.0. The lowest BCUT2D eigenvalue weighted by Gasteiger charge is -2.24. The standard InChI is InChI=1S/C50H69N3O5/c1-2-3-4-5-6-7-8-9-10-11-12-13-14-19-42-36-48(58-39-47(56)35-44-23-16-21-41-25-18-29-52-50(41)44)27-26-45(42)37-53(30-32-54)31-33-57-38-46(55)34-43-22-15-20-40-24-17-28-51-49(40)43/h15-18,20-29,36,46-47,54-56H,2-14,19,30-35,37-39H2,1H3. The molecule has 0 aliphatic rings. The summed E-state index contributed by atoms with van der Waals surface area (Å²) in [5, 5.41) is 33.9. The van der Waals surface area contributed by atoms with Crippen LogP contribution in [-0.2, 0) is 30.5 Å². The summed E-state index contributed by atoms with van der Waals surface area (Å²) in [5.41, 5.74) is 6.31. The van der Waals surface area contributed by atoms with E-state index in [9.17, 15) is 15.3 Å². The number of aliphatic hydroxyl groups is 3. The minimum Gasteiger partial charge on any atom is -0.491 e. The Balaban J connectivity index is 1.12. The smallest absolute Gasteiger partial charge is 0.119 e. The summed E-state index contributed by atoms with van der Waals surface area (Å²) in [7, 11) is 0. The number of benzene rings is 3. The monoisotopic (exact) mass is 792 g/mol. The second-order valence-electron chi connectivity index (χ2n) is 16.0. The maximum absolute atomic E-state index is 11.0. The fourth-order valence-corrected chi connectivity index (χ4v) is 7.96. The topological polar surface area (TPSA) is 108 Å². The lowest BCUT2D eigenvalue weighted by molar-refractivity contribution is 0.0249. The van der Waals surface area contributed by atoms with Crippen molar-refractivity contribution in [2.24, 2.45) is 0 Å². The van der Waals surface area contributed by atoms with Crippen molar-refractivity contribution in [1.82, 2.24) is 14.9 Å². The predicted octanol–water partition coefficient (Wildman–Crippen LogP) is 9.81. The van der Waals surface area contributed by atoms with Crippen LogP contribution in [0.2, 0.25) is 0 Å². The van der Waals surface area contributed by atoms with Gasteiger partial charge >= 0.3 is 0 Å². The van der Waals surface area contributed by atoms with Crippen molar-refractivity contribution in [3.05, 3.63) is 114 Å². The average molecular weight is 792 g/mol. The Morgan fingerprint density at radius 2 is 1.14 bits per heavy atom. The number of aryl methyl sites for hydroxylation is 1. The summed E-state index contributed by atoms with van der Waals surface area (Å²) in [6.07, 6.45) is 21.3. The normalized spacial score (nSPS) is 12.8. The molecule has 0 bridgehead atoms. The van der Waals surface area contributed by atoms with Crippen LogP contribution in [0.5, 0.6) is 5.75 Å². The first-order valence-electron chi connectivity index (χ1n) is 22.2. The number of hydrogen-bond acceptors (Lipinski definition) is 8. The molecule has 0 radical (unpaired) electrons. The van der Waals surface area contributed by atoms with Gasteiger partial charge in [-0.1, -0.05) is 139 Å². The fraction of sp³-hybridized carbons (Fsp3) is 0.520. The SMILES string of the molecule is CCCCCCCCCCCCCCCc1cc(OCC(O)Cc2cccc3cccnc23)ccc1CN(CCO)CCOCC(O)Cc1cccc2cccnc12. The Morgan fingerprint density at radius 1 is 0.586 bits per heavy atom. The number of rotatable bonds is 30. The molecule has 0 aliphatic carbocycles. The highest BCUT2D eigenvalue weighted by molar-refractivity contribution is 5.82. The number of fused-ring (bicyclic) bond motifs is 2.